The Bertz CT molecular complexity index is 586. The molecule has 0 saturated carbocycles. The van der Waals surface area contributed by atoms with Crippen LogP contribution < -0.4 is 5.32 Å². The van der Waals surface area contributed by atoms with Crippen molar-refractivity contribution in [2.75, 3.05) is 5.32 Å². The number of hydrogen-bond donors (Lipinski definition) is 1. The maximum absolute atomic E-state index is 12.9. The number of aryl methyl sites for hydroxylation is 1. The van der Waals surface area contributed by atoms with E-state index in [-0.39, 0.29) is 5.56 Å². The van der Waals surface area contributed by atoms with Gasteiger partial charge in [-0.15, -0.1) is 0 Å². The molecule has 1 amide bonds. The van der Waals surface area contributed by atoms with Crippen LogP contribution in [0.25, 0.3) is 0 Å². The summed E-state index contributed by atoms with van der Waals surface area (Å²) in [4.78, 5) is 11.7. The van der Waals surface area contributed by atoms with Crippen molar-refractivity contribution < 1.29 is 18.0 Å². The van der Waals surface area contributed by atoms with E-state index in [4.69, 9.17) is 0 Å². The molecule has 0 bridgehead atoms. The second kappa shape index (κ2) is 4.52. The summed E-state index contributed by atoms with van der Waals surface area (Å²) < 4.78 is 40.0. The van der Waals surface area contributed by atoms with E-state index in [9.17, 15) is 18.0 Å². The van der Waals surface area contributed by atoms with Gasteiger partial charge in [-0.3, -0.25) is 9.48 Å². The fourth-order valence-corrected chi connectivity index (χ4v) is 1.37. The van der Waals surface area contributed by atoms with Crippen molar-refractivity contribution in [3.8, 4) is 0 Å². The van der Waals surface area contributed by atoms with Gasteiger partial charge in [0.25, 0.3) is 5.91 Å². The smallest absolute Gasteiger partial charge is 0.257 e. The van der Waals surface area contributed by atoms with Crippen LogP contribution in [0.4, 0.5) is 19.0 Å². The maximum atomic E-state index is 12.9. The molecule has 4 nitrogen and oxygen atoms in total. The summed E-state index contributed by atoms with van der Waals surface area (Å²) in [6.45, 7) is 0. The van der Waals surface area contributed by atoms with Crippen molar-refractivity contribution in [3.63, 3.8) is 0 Å². The Morgan fingerprint density at radius 3 is 2.39 bits per heavy atom. The highest BCUT2D eigenvalue weighted by Gasteiger charge is 2.15. The van der Waals surface area contributed by atoms with E-state index in [1.807, 2.05) is 0 Å². The minimum absolute atomic E-state index is 0.312. The van der Waals surface area contributed by atoms with Gasteiger partial charge in [0.15, 0.2) is 17.5 Å². The molecule has 18 heavy (non-hydrogen) atoms. The van der Waals surface area contributed by atoms with E-state index in [2.05, 4.69) is 10.4 Å². The molecule has 0 aliphatic heterocycles. The van der Waals surface area contributed by atoms with Crippen LogP contribution in [0.2, 0.25) is 0 Å². The zero-order valence-corrected chi connectivity index (χ0v) is 9.25. The number of carbonyl (C=O) groups excluding carboxylic acids is 1. The summed E-state index contributed by atoms with van der Waals surface area (Å²) in [6.07, 6.45) is 1.45. The number of hydrogen-bond acceptors (Lipinski definition) is 2. The number of benzene rings is 1. The van der Waals surface area contributed by atoms with Gasteiger partial charge in [0.1, 0.15) is 5.82 Å². The van der Waals surface area contributed by atoms with Gasteiger partial charge in [-0.05, 0) is 12.1 Å². The Labute approximate surface area is 100 Å². The Morgan fingerprint density at radius 2 is 1.89 bits per heavy atom. The zero-order chi connectivity index (χ0) is 13.3. The average Bonchev–Trinajstić information content (AvgIpc) is 2.71. The third kappa shape index (κ3) is 2.20. The van der Waals surface area contributed by atoms with E-state index in [1.165, 1.54) is 16.9 Å². The summed E-state index contributed by atoms with van der Waals surface area (Å²) in [5.41, 5.74) is -0.312. The summed E-state index contributed by atoms with van der Waals surface area (Å²) in [5.74, 6) is -4.83. The molecule has 1 heterocycles. The maximum Gasteiger partial charge on any atom is 0.257 e. The number of carbonyl (C=O) groups is 1. The lowest BCUT2D eigenvalue weighted by molar-refractivity contribution is 0.102. The van der Waals surface area contributed by atoms with Crippen molar-refractivity contribution in [3.05, 3.63) is 47.4 Å². The highest BCUT2D eigenvalue weighted by Crippen LogP contribution is 2.15. The predicted molar refractivity (Wildman–Crippen MR) is 57.5 cm³/mol. The van der Waals surface area contributed by atoms with Crippen molar-refractivity contribution in [2.45, 2.75) is 0 Å². The molecule has 1 aromatic carbocycles. The van der Waals surface area contributed by atoms with Gasteiger partial charge in [-0.25, -0.2) is 13.2 Å². The van der Waals surface area contributed by atoms with Crippen LogP contribution in [0.1, 0.15) is 10.4 Å². The Kier molecular flexibility index (Phi) is 3.05. The molecule has 0 atom stereocenters. The molecular formula is C11H8F3N3O. The van der Waals surface area contributed by atoms with Gasteiger partial charge in [0.2, 0.25) is 0 Å². The Balaban J connectivity index is 2.27. The third-order valence-electron chi connectivity index (χ3n) is 2.31. The van der Waals surface area contributed by atoms with Crippen molar-refractivity contribution in [2.24, 2.45) is 7.05 Å². The monoisotopic (exact) mass is 255 g/mol. The first kappa shape index (κ1) is 12.2. The number of halogens is 3. The van der Waals surface area contributed by atoms with Crippen LogP contribution in [-0.4, -0.2) is 15.7 Å². The highest BCUT2D eigenvalue weighted by molar-refractivity contribution is 6.03. The van der Waals surface area contributed by atoms with Crippen molar-refractivity contribution >= 4 is 11.7 Å². The average molecular weight is 255 g/mol. The van der Waals surface area contributed by atoms with Crippen LogP contribution >= 0.6 is 0 Å². The van der Waals surface area contributed by atoms with Crippen LogP contribution in [0, 0.1) is 17.5 Å². The first-order chi connectivity index (χ1) is 8.49. The lowest BCUT2D eigenvalue weighted by atomic mass is 10.2. The van der Waals surface area contributed by atoms with E-state index in [0.29, 0.717) is 18.0 Å². The fourth-order valence-electron chi connectivity index (χ4n) is 1.37. The molecule has 0 fully saturated rings. The van der Waals surface area contributed by atoms with Crippen LogP contribution in [0.5, 0.6) is 0 Å². The Morgan fingerprint density at radius 1 is 1.28 bits per heavy atom. The molecular weight excluding hydrogens is 247 g/mol. The lowest BCUT2D eigenvalue weighted by Gasteiger charge is -2.06. The summed E-state index contributed by atoms with van der Waals surface area (Å²) in [5, 5.41) is 6.19. The molecule has 2 aromatic rings. The van der Waals surface area contributed by atoms with Gasteiger partial charge in [-0.1, -0.05) is 0 Å². The van der Waals surface area contributed by atoms with E-state index < -0.39 is 23.4 Å². The number of amides is 1. The van der Waals surface area contributed by atoms with Gasteiger partial charge < -0.3 is 5.32 Å². The standard InChI is InChI=1S/C11H8F3N3O/c1-17-9(2-3-15-17)16-11(18)6-4-7(12)10(14)8(13)5-6/h2-5H,1H3,(H,16,18). The van der Waals surface area contributed by atoms with Crippen LogP contribution in [-0.2, 0) is 7.05 Å². The van der Waals surface area contributed by atoms with Gasteiger partial charge in [-0.2, -0.15) is 5.10 Å². The normalized spacial score (nSPS) is 10.4. The quantitative estimate of drug-likeness (QED) is 0.835. The third-order valence-corrected chi connectivity index (χ3v) is 2.31. The first-order valence-electron chi connectivity index (χ1n) is 4.93. The second-order valence-electron chi connectivity index (χ2n) is 3.55. The molecule has 0 spiro atoms. The first-order valence-corrected chi connectivity index (χ1v) is 4.93. The summed E-state index contributed by atoms with van der Waals surface area (Å²) in [6, 6.07) is 2.77. The molecule has 0 aliphatic carbocycles. The van der Waals surface area contributed by atoms with Gasteiger partial charge in [0.05, 0.1) is 6.20 Å². The molecule has 0 unspecified atom stereocenters. The van der Waals surface area contributed by atoms with Crippen molar-refractivity contribution in [1.29, 1.82) is 0 Å². The molecule has 7 heteroatoms. The summed E-state index contributed by atoms with van der Waals surface area (Å²) >= 11 is 0. The SMILES string of the molecule is Cn1nccc1NC(=O)c1cc(F)c(F)c(F)c1. The minimum atomic E-state index is -1.60. The van der Waals surface area contributed by atoms with Crippen LogP contribution in [0.3, 0.4) is 0 Å². The molecule has 94 valence electrons. The molecule has 0 aliphatic rings. The number of rotatable bonds is 2. The number of nitrogens with one attached hydrogen (secondary N) is 1. The molecule has 0 radical (unpaired) electrons. The molecule has 1 N–H and O–H groups in total. The highest BCUT2D eigenvalue weighted by atomic mass is 19.2. The van der Waals surface area contributed by atoms with E-state index in [0.717, 1.165) is 0 Å². The number of nitrogens with zero attached hydrogens (tertiary/aromatic N) is 2. The number of anilines is 1. The summed E-state index contributed by atoms with van der Waals surface area (Å²) in [7, 11) is 1.58. The largest absolute Gasteiger partial charge is 0.307 e. The van der Waals surface area contributed by atoms with Crippen molar-refractivity contribution in [1.82, 2.24) is 9.78 Å². The molecule has 2 rings (SSSR count). The fraction of sp³-hybridized carbons (Fsp3) is 0.0909. The molecule has 0 saturated heterocycles. The topological polar surface area (TPSA) is 46.9 Å². The van der Waals surface area contributed by atoms with E-state index in [1.54, 1.807) is 7.05 Å². The van der Waals surface area contributed by atoms with Gasteiger partial charge in [0, 0.05) is 18.7 Å². The zero-order valence-electron chi connectivity index (χ0n) is 9.25. The molecule has 1 aromatic heterocycles. The lowest BCUT2D eigenvalue weighted by Crippen LogP contribution is -2.15. The Hall–Kier alpha value is -2.31. The van der Waals surface area contributed by atoms with E-state index >= 15 is 0 Å². The van der Waals surface area contributed by atoms with Gasteiger partial charge >= 0.3 is 0 Å². The minimum Gasteiger partial charge on any atom is -0.307 e. The predicted octanol–water partition coefficient (Wildman–Crippen LogP) is 2.09. The number of aromatic nitrogens is 2. The second-order valence-corrected chi connectivity index (χ2v) is 3.55. The van der Waals surface area contributed by atoms with Crippen LogP contribution in [0.15, 0.2) is 24.4 Å².